The van der Waals surface area contributed by atoms with Crippen molar-refractivity contribution in [3.63, 3.8) is 0 Å². The molecule has 0 atom stereocenters. The molecule has 0 aliphatic heterocycles. The Hall–Kier alpha value is -0.220. The molecular formula is C11H23NO2S. The third-order valence-corrected chi connectivity index (χ3v) is 3.08. The first kappa shape index (κ1) is 14.8. The van der Waals surface area contributed by atoms with Crippen molar-refractivity contribution >= 4 is 17.7 Å². The van der Waals surface area contributed by atoms with Crippen LogP contribution in [-0.2, 0) is 4.79 Å². The summed E-state index contributed by atoms with van der Waals surface area (Å²) in [4.78, 5) is 11.3. The Balaban J connectivity index is 3.11. The van der Waals surface area contributed by atoms with Crippen molar-refractivity contribution in [2.45, 2.75) is 39.0 Å². The highest BCUT2D eigenvalue weighted by molar-refractivity contribution is 7.99. The third-order valence-electron chi connectivity index (χ3n) is 2.03. The third kappa shape index (κ3) is 11.7. The van der Waals surface area contributed by atoms with Crippen LogP contribution in [0.1, 0.15) is 39.0 Å². The van der Waals surface area contributed by atoms with E-state index >= 15 is 0 Å². The first-order valence-electron chi connectivity index (χ1n) is 5.76. The van der Waals surface area contributed by atoms with Gasteiger partial charge in [0.05, 0.1) is 5.75 Å². The number of amides is 1. The lowest BCUT2D eigenvalue weighted by Crippen LogP contribution is -2.26. The first-order chi connectivity index (χ1) is 7.31. The SMILES string of the molecule is CCCCSCC(=O)NCCCCCO. The Morgan fingerprint density at radius 3 is 2.73 bits per heavy atom. The molecule has 0 saturated carbocycles. The highest BCUT2D eigenvalue weighted by atomic mass is 32.2. The van der Waals surface area contributed by atoms with Crippen LogP contribution < -0.4 is 5.32 Å². The number of aliphatic hydroxyl groups excluding tert-OH is 1. The molecule has 0 heterocycles. The average Bonchev–Trinajstić information content (AvgIpc) is 2.24. The van der Waals surface area contributed by atoms with Crippen molar-refractivity contribution in [3.05, 3.63) is 0 Å². The normalized spacial score (nSPS) is 10.3. The predicted octanol–water partition coefficient (Wildman–Crippen LogP) is 1.80. The van der Waals surface area contributed by atoms with E-state index in [1.807, 2.05) is 0 Å². The van der Waals surface area contributed by atoms with Crippen LogP contribution in [0.5, 0.6) is 0 Å². The number of unbranched alkanes of at least 4 members (excludes halogenated alkanes) is 3. The van der Waals surface area contributed by atoms with Crippen molar-refractivity contribution in [2.24, 2.45) is 0 Å². The molecule has 0 aromatic rings. The summed E-state index contributed by atoms with van der Waals surface area (Å²) in [7, 11) is 0. The smallest absolute Gasteiger partial charge is 0.229 e. The zero-order chi connectivity index (χ0) is 11.4. The van der Waals surface area contributed by atoms with Gasteiger partial charge in [-0.25, -0.2) is 0 Å². The molecule has 0 unspecified atom stereocenters. The summed E-state index contributed by atoms with van der Waals surface area (Å²) in [5, 5.41) is 11.4. The molecule has 1 amide bonds. The number of hydrogen-bond donors (Lipinski definition) is 2. The van der Waals surface area contributed by atoms with Crippen LogP contribution in [0.4, 0.5) is 0 Å². The summed E-state index contributed by atoms with van der Waals surface area (Å²) in [6.07, 6.45) is 5.16. The Bertz CT molecular complexity index is 154. The van der Waals surface area contributed by atoms with Gasteiger partial charge in [0.2, 0.25) is 5.91 Å². The van der Waals surface area contributed by atoms with Crippen LogP contribution in [0, 0.1) is 0 Å². The molecule has 0 aromatic heterocycles. The Labute approximate surface area is 97.0 Å². The molecule has 15 heavy (non-hydrogen) atoms. The van der Waals surface area contributed by atoms with Crippen LogP contribution in [-0.4, -0.2) is 35.7 Å². The number of carbonyl (C=O) groups excluding carboxylic acids is 1. The molecule has 4 heteroatoms. The van der Waals surface area contributed by atoms with Gasteiger partial charge in [-0.2, -0.15) is 11.8 Å². The van der Waals surface area contributed by atoms with Gasteiger partial charge in [-0.15, -0.1) is 0 Å². The van der Waals surface area contributed by atoms with Crippen LogP contribution in [0.2, 0.25) is 0 Å². The molecule has 3 nitrogen and oxygen atoms in total. The molecule has 0 radical (unpaired) electrons. The summed E-state index contributed by atoms with van der Waals surface area (Å²) < 4.78 is 0. The molecule has 0 aliphatic carbocycles. The van der Waals surface area contributed by atoms with Crippen molar-refractivity contribution in [1.29, 1.82) is 0 Å². The standard InChI is InChI=1S/C11H23NO2S/c1-2-3-9-15-10-11(14)12-7-5-4-6-8-13/h13H,2-10H2,1H3,(H,12,14). The van der Waals surface area contributed by atoms with E-state index in [0.717, 1.165) is 31.6 Å². The van der Waals surface area contributed by atoms with E-state index in [0.29, 0.717) is 5.75 Å². The maximum absolute atomic E-state index is 11.3. The summed E-state index contributed by atoms with van der Waals surface area (Å²) in [6.45, 7) is 3.15. The molecular weight excluding hydrogens is 210 g/mol. The van der Waals surface area contributed by atoms with E-state index in [9.17, 15) is 4.79 Å². The van der Waals surface area contributed by atoms with Gasteiger partial charge in [0.15, 0.2) is 0 Å². The van der Waals surface area contributed by atoms with Crippen molar-refractivity contribution in [3.8, 4) is 0 Å². The second-order valence-corrected chi connectivity index (χ2v) is 4.65. The minimum Gasteiger partial charge on any atom is -0.396 e. The number of hydrogen-bond acceptors (Lipinski definition) is 3. The van der Waals surface area contributed by atoms with E-state index in [1.54, 1.807) is 11.8 Å². The fourth-order valence-electron chi connectivity index (χ4n) is 1.10. The Kier molecular flexibility index (Phi) is 11.7. The lowest BCUT2D eigenvalue weighted by Gasteiger charge is -2.04. The van der Waals surface area contributed by atoms with Crippen LogP contribution in [0.15, 0.2) is 0 Å². The van der Waals surface area contributed by atoms with Gasteiger partial charge in [-0.1, -0.05) is 13.3 Å². The van der Waals surface area contributed by atoms with Gasteiger partial charge in [0, 0.05) is 13.2 Å². The quantitative estimate of drug-likeness (QED) is 0.566. The number of nitrogens with one attached hydrogen (secondary N) is 1. The molecule has 0 spiro atoms. The maximum atomic E-state index is 11.3. The lowest BCUT2D eigenvalue weighted by atomic mass is 10.2. The Morgan fingerprint density at radius 1 is 1.27 bits per heavy atom. The maximum Gasteiger partial charge on any atom is 0.229 e. The molecule has 0 rings (SSSR count). The van der Waals surface area contributed by atoms with Crippen LogP contribution in [0.3, 0.4) is 0 Å². The Morgan fingerprint density at radius 2 is 2.07 bits per heavy atom. The molecule has 0 bridgehead atoms. The fraction of sp³-hybridized carbons (Fsp3) is 0.909. The van der Waals surface area contributed by atoms with Crippen molar-refractivity contribution in [1.82, 2.24) is 5.32 Å². The van der Waals surface area contributed by atoms with Gasteiger partial charge < -0.3 is 10.4 Å². The number of thioether (sulfide) groups is 1. The highest BCUT2D eigenvalue weighted by Crippen LogP contribution is 2.03. The van der Waals surface area contributed by atoms with E-state index in [4.69, 9.17) is 5.11 Å². The number of aliphatic hydroxyl groups is 1. The highest BCUT2D eigenvalue weighted by Gasteiger charge is 1.99. The average molecular weight is 233 g/mol. The van der Waals surface area contributed by atoms with Gasteiger partial charge in [-0.05, 0) is 31.4 Å². The summed E-state index contributed by atoms with van der Waals surface area (Å²) in [6, 6.07) is 0. The summed E-state index contributed by atoms with van der Waals surface area (Å²) >= 11 is 1.70. The van der Waals surface area contributed by atoms with Gasteiger partial charge in [0.1, 0.15) is 0 Å². The van der Waals surface area contributed by atoms with Gasteiger partial charge in [0.25, 0.3) is 0 Å². The minimum absolute atomic E-state index is 0.139. The van der Waals surface area contributed by atoms with E-state index < -0.39 is 0 Å². The molecule has 2 N–H and O–H groups in total. The second-order valence-electron chi connectivity index (χ2n) is 3.54. The first-order valence-corrected chi connectivity index (χ1v) is 6.92. The summed E-state index contributed by atoms with van der Waals surface area (Å²) in [5.74, 6) is 1.80. The van der Waals surface area contributed by atoms with E-state index in [1.165, 1.54) is 12.8 Å². The molecule has 90 valence electrons. The lowest BCUT2D eigenvalue weighted by molar-refractivity contribution is -0.118. The van der Waals surface area contributed by atoms with Crippen molar-refractivity contribution in [2.75, 3.05) is 24.7 Å². The van der Waals surface area contributed by atoms with Crippen LogP contribution in [0.25, 0.3) is 0 Å². The molecule has 0 fully saturated rings. The number of carbonyl (C=O) groups is 1. The molecule has 0 saturated heterocycles. The predicted molar refractivity (Wildman–Crippen MR) is 66.2 cm³/mol. The monoisotopic (exact) mass is 233 g/mol. The van der Waals surface area contributed by atoms with Crippen LogP contribution >= 0.6 is 11.8 Å². The van der Waals surface area contributed by atoms with Crippen molar-refractivity contribution < 1.29 is 9.90 Å². The molecule has 0 aliphatic rings. The van der Waals surface area contributed by atoms with Gasteiger partial charge in [-0.3, -0.25) is 4.79 Å². The zero-order valence-electron chi connectivity index (χ0n) is 9.63. The largest absolute Gasteiger partial charge is 0.396 e. The van der Waals surface area contributed by atoms with E-state index in [2.05, 4.69) is 12.2 Å². The second kappa shape index (κ2) is 11.9. The fourth-order valence-corrected chi connectivity index (χ4v) is 2.03. The summed E-state index contributed by atoms with van der Waals surface area (Å²) in [5.41, 5.74) is 0. The molecule has 0 aromatic carbocycles. The zero-order valence-corrected chi connectivity index (χ0v) is 10.4. The number of rotatable bonds is 10. The minimum atomic E-state index is 0.139. The van der Waals surface area contributed by atoms with Gasteiger partial charge >= 0.3 is 0 Å². The van der Waals surface area contributed by atoms with E-state index in [-0.39, 0.29) is 12.5 Å². The topological polar surface area (TPSA) is 49.3 Å².